The monoisotopic (exact) mass is 347 g/mol. The molecule has 1 aromatic rings. The zero-order valence-corrected chi connectivity index (χ0v) is 15.1. The van der Waals surface area contributed by atoms with E-state index in [9.17, 15) is 4.57 Å². The van der Waals surface area contributed by atoms with Crippen LogP contribution in [0.5, 0.6) is 0 Å². The number of rotatable bonds is 8. The minimum Gasteiger partial charge on any atom is -0.358 e. The van der Waals surface area contributed by atoms with E-state index in [2.05, 4.69) is 15.4 Å². The van der Waals surface area contributed by atoms with E-state index >= 15 is 0 Å². The molecular formula is C13H22N3O2PS2. The molecule has 0 saturated heterocycles. The molecule has 2 unspecified atom stereocenters. The Morgan fingerprint density at radius 3 is 2.90 bits per heavy atom. The molecule has 8 heteroatoms. The van der Waals surface area contributed by atoms with E-state index in [1.165, 1.54) is 11.4 Å². The van der Waals surface area contributed by atoms with Crippen molar-refractivity contribution < 1.29 is 9.09 Å². The third-order valence-electron chi connectivity index (χ3n) is 2.61. The predicted octanol–water partition coefficient (Wildman–Crippen LogP) is 3.72. The summed E-state index contributed by atoms with van der Waals surface area (Å²) in [7, 11) is 0. The molecule has 5 nitrogen and oxygen atoms in total. The van der Waals surface area contributed by atoms with E-state index in [0.717, 1.165) is 12.0 Å². The average Bonchev–Trinajstić information content (AvgIpc) is 2.46. The molecule has 0 aliphatic carbocycles. The number of aromatic nitrogens is 1. The Kier molecular flexibility index (Phi) is 8.26. The van der Waals surface area contributed by atoms with Crippen molar-refractivity contribution in [3.8, 4) is 0 Å². The van der Waals surface area contributed by atoms with Crippen molar-refractivity contribution >= 4 is 35.4 Å². The van der Waals surface area contributed by atoms with Crippen LogP contribution in [-0.4, -0.2) is 22.0 Å². The molecule has 0 fully saturated rings. The van der Waals surface area contributed by atoms with Gasteiger partial charge in [-0.1, -0.05) is 19.9 Å². The van der Waals surface area contributed by atoms with E-state index < -0.39 is 6.72 Å². The maximum atomic E-state index is 12.7. The van der Waals surface area contributed by atoms with Gasteiger partial charge in [-0.2, -0.15) is 0 Å². The first-order valence-corrected chi connectivity index (χ1v) is 10.4. The fraction of sp³-hybridized carbons (Fsp3) is 0.538. The fourth-order valence-corrected chi connectivity index (χ4v) is 6.29. The number of nitrogens with one attached hydrogen (secondary N) is 2. The van der Waals surface area contributed by atoms with E-state index in [-0.39, 0.29) is 5.25 Å². The first kappa shape index (κ1) is 18.4. The number of thiocarbonyl (C=S) groups is 1. The summed E-state index contributed by atoms with van der Waals surface area (Å²) in [6.07, 6.45) is 4.39. The van der Waals surface area contributed by atoms with E-state index in [0.29, 0.717) is 18.3 Å². The van der Waals surface area contributed by atoms with E-state index in [4.69, 9.17) is 16.7 Å². The van der Waals surface area contributed by atoms with Crippen molar-refractivity contribution in [2.45, 2.75) is 39.0 Å². The smallest absolute Gasteiger partial charge is 0.353 e. The summed E-state index contributed by atoms with van der Waals surface area (Å²) in [6.45, 7) is 3.76. The quantitative estimate of drug-likeness (QED) is 0.549. The van der Waals surface area contributed by atoms with Crippen LogP contribution in [-0.2, 0) is 15.6 Å². The third kappa shape index (κ3) is 7.27. The van der Waals surface area contributed by atoms with Crippen LogP contribution in [0.2, 0.25) is 0 Å². The van der Waals surface area contributed by atoms with Gasteiger partial charge in [-0.25, -0.2) is 0 Å². The topological polar surface area (TPSA) is 63.2 Å². The fourth-order valence-electron chi connectivity index (χ4n) is 1.42. The second kappa shape index (κ2) is 9.41. The molecular weight excluding hydrogens is 325 g/mol. The molecule has 1 aromatic heterocycles. The summed E-state index contributed by atoms with van der Waals surface area (Å²) < 4.78 is 18.1. The average molecular weight is 347 g/mol. The molecule has 118 valence electrons. The Bertz CT molecular complexity index is 488. The van der Waals surface area contributed by atoms with E-state index in [1.54, 1.807) is 12.4 Å². The lowest BCUT2D eigenvalue weighted by atomic mass is 10.3. The largest absolute Gasteiger partial charge is 0.358 e. The van der Waals surface area contributed by atoms with Gasteiger partial charge in [0.1, 0.15) is 0 Å². The molecule has 2 atom stereocenters. The minimum absolute atomic E-state index is 0.232. The molecule has 1 heterocycles. The van der Waals surface area contributed by atoms with Crippen LogP contribution in [0, 0.1) is 0 Å². The van der Waals surface area contributed by atoms with Gasteiger partial charge in [0.05, 0.1) is 6.61 Å². The van der Waals surface area contributed by atoms with Gasteiger partial charge in [0.2, 0.25) is 0 Å². The van der Waals surface area contributed by atoms with Crippen molar-refractivity contribution in [3.63, 3.8) is 0 Å². The summed E-state index contributed by atoms with van der Waals surface area (Å²) in [5.41, 5.74) is 1.00. The molecule has 0 spiro atoms. The number of pyridine rings is 1. The predicted molar refractivity (Wildman–Crippen MR) is 93.4 cm³/mol. The Hall–Kier alpha value is -0.620. The van der Waals surface area contributed by atoms with Gasteiger partial charge in [0, 0.05) is 24.2 Å². The summed E-state index contributed by atoms with van der Waals surface area (Å²) in [5.74, 6) is 0. The molecule has 0 saturated carbocycles. The number of nitrogens with zero attached hydrogens (tertiary/aromatic N) is 1. The van der Waals surface area contributed by atoms with Crippen LogP contribution in [0.3, 0.4) is 0 Å². The van der Waals surface area contributed by atoms with Crippen LogP contribution in [0.25, 0.3) is 0 Å². The Labute approximate surface area is 135 Å². The highest BCUT2D eigenvalue weighted by Gasteiger charge is 2.27. The van der Waals surface area contributed by atoms with Gasteiger partial charge in [-0.15, -0.1) is 0 Å². The highest BCUT2D eigenvalue weighted by Crippen LogP contribution is 2.58. The summed E-state index contributed by atoms with van der Waals surface area (Å²) >= 11 is 6.50. The van der Waals surface area contributed by atoms with Crippen LogP contribution >= 0.6 is 30.3 Å². The van der Waals surface area contributed by atoms with Crippen molar-refractivity contribution in [3.05, 3.63) is 30.1 Å². The van der Waals surface area contributed by atoms with Crippen LogP contribution in [0.1, 0.15) is 32.8 Å². The van der Waals surface area contributed by atoms with Gasteiger partial charge in [-0.05, 0) is 48.6 Å². The molecule has 0 amide bonds. The van der Waals surface area contributed by atoms with Gasteiger partial charge in [0.25, 0.3) is 0 Å². The Morgan fingerprint density at radius 2 is 2.33 bits per heavy atom. The second-order valence-electron chi connectivity index (χ2n) is 4.40. The maximum Gasteiger partial charge on any atom is 0.353 e. The zero-order chi connectivity index (χ0) is 15.7. The summed E-state index contributed by atoms with van der Waals surface area (Å²) in [4.78, 5) is 4.03. The van der Waals surface area contributed by atoms with Crippen LogP contribution < -0.4 is 10.4 Å². The standard InChI is InChI=1S/C13H22N3O2PS2/c1-4-11(3)21-19(17,18-5-2)16-13(20)15-10-12-7-6-8-14-9-12/h6-9,11H,4-5,10H2,1-3H3,(H2,15,16,17,20). The minimum atomic E-state index is -3.02. The first-order valence-electron chi connectivity index (χ1n) is 6.87. The zero-order valence-electron chi connectivity index (χ0n) is 12.5. The normalized spacial score (nSPS) is 15.0. The van der Waals surface area contributed by atoms with Gasteiger partial charge in [-0.3, -0.25) is 14.6 Å². The molecule has 0 aliphatic rings. The number of hydrogen-bond donors (Lipinski definition) is 2. The van der Waals surface area contributed by atoms with Crippen LogP contribution in [0.4, 0.5) is 0 Å². The van der Waals surface area contributed by atoms with E-state index in [1.807, 2.05) is 32.9 Å². The molecule has 21 heavy (non-hydrogen) atoms. The Balaban J connectivity index is 2.54. The Morgan fingerprint density at radius 1 is 1.57 bits per heavy atom. The first-order chi connectivity index (χ1) is 9.99. The molecule has 0 aliphatic heterocycles. The highest BCUT2D eigenvalue weighted by atomic mass is 32.7. The highest BCUT2D eigenvalue weighted by molar-refractivity contribution is 8.56. The molecule has 1 rings (SSSR count). The lowest BCUT2D eigenvalue weighted by Gasteiger charge is -2.22. The van der Waals surface area contributed by atoms with Crippen molar-refractivity contribution in [2.75, 3.05) is 6.61 Å². The molecule has 0 bridgehead atoms. The molecule has 2 N–H and O–H groups in total. The maximum absolute atomic E-state index is 12.7. The van der Waals surface area contributed by atoms with Crippen LogP contribution in [0.15, 0.2) is 24.5 Å². The van der Waals surface area contributed by atoms with Gasteiger partial charge in [0.15, 0.2) is 5.11 Å². The van der Waals surface area contributed by atoms with Crippen molar-refractivity contribution in [1.82, 2.24) is 15.4 Å². The second-order valence-corrected chi connectivity index (χ2v) is 9.37. The lowest BCUT2D eigenvalue weighted by Crippen LogP contribution is -2.33. The SMILES string of the molecule is CCOP(=O)(NC(=S)NCc1cccnc1)SC(C)CC. The summed E-state index contributed by atoms with van der Waals surface area (Å²) in [5, 5.41) is 6.40. The number of hydrogen-bond acceptors (Lipinski definition) is 5. The van der Waals surface area contributed by atoms with Gasteiger partial charge < -0.3 is 9.84 Å². The van der Waals surface area contributed by atoms with Crippen molar-refractivity contribution in [2.24, 2.45) is 0 Å². The van der Waals surface area contributed by atoms with Gasteiger partial charge >= 0.3 is 6.72 Å². The molecule has 0 aromatic carbocycles. The molecule has 0 radical (unpaired) electrons. The third-order valence-corrected chi connectivity index (χ3v) is 7.57. The summed E-state index contributed by atoms with van der Waals surface area (Å²) in [6, 6.07) is 3.80. The lowest BCUT2D eigenvalue weighted by molar-refractivity contribution is 0.342. The van der Waals surface area contributed by atoms with Crippen molar-refractivity contribution in [1.29, 1.82) is 0 Å².